The number of hydrogen-bond acceptors (Lipinski definition) is 0. The summed E-state index contributed by atoms with van der Waals surface area (Å²) in [6.07, 6.45) is 7.49. The van der Waals surface area contributed by atoms with Gasteiger partial charge in [0.15, 0.2) is 0 Å². The molecule has 48 valence electrons. The summed E-state index contributed by atoms with van der Waals surface area (Å²) in [4.78, 5) is 0. The Labute approximate surface area is 52.7 Å². The lowest BCUT2D eigenvalue weighted by Crippen LogP contribution is -1.69. The average molecular weight is 130 g/mol. The predicted octanol–water partition coefficient (Wildman–Crippen LogP) is 2.21. The summed E-state index contributed by atoms with van der Waals surface area (Å²) in [5.74, 6) is 2.57. The van der Waals surface area contributed by atoms with E-state index in [1.54, 1.807) is 12.3 Å². The highest BCUT2D eigenvalue weighted by Crippen LogP contribution is 2.32. The van der Waals surface area contributed by atoms with Crippen LogP contribution in [-0.4, -0.2) is 18.1 Å². The highest BCUT2D eigenvalue weighted by Gasteiger charge is 2.02. The topological polar surface area (TPSA) is 0 Å². The summed E-state index contributed by atoms with van der Waals surface area (Å²) in [5.41, 5.74) is 0. The van der Waals surface area contributed by atoms with Crippen molar-refractivity contribution in [3.05, 3.63) is 0 Å². The van der Waals surface area contributed by atoms with E-state index in [1.807, 2.05) is 0 Å². The molecule has 0 radical (unpaired) electrons. The molecule has 0 amide bonds. The molecule has 0 bridgehead atoms. The zero-order valence-electron chi connectivity index (χ0n) is 5.61. The molecule has 0 unspecified atom stereocenters. The van der Waals surface area contributed by atoms with Crippen LogP contribution in [0.4, 0.5) is 0 Å². The smallest absolute Gasteiger partial charge is 0.0355 e. The maximum Gasteiger partial charge on any atom is -0.0355 e. The first-order valence-corrected chi connectivity index (χ1v) is 5.60. The van der Waals surface area contributed by atoms with Gasteiger partial charge in [0.05, 0.1) is 0 Å². The second kappa shape index (κ2) is 3.35. The standard InChI is InChI=1S/C7H15P/c1-2-5-8-6-3-4-7-8/h5,8H,2-4,6-7H2,1H3. The van der Waals surface area contributed by atoms with Crippen molar-refractivity contribution in [1.29, 1.82) is 0 Å². The maximum atomic E-state index is 2.57. The molecule has 1 saturated heterocycles. The highest BCUT2D eigenvalue weighted by atomic mass is 31.1. The fraction of sp³-hybridized carbons (Fsp3) is 0.857. The van der Waals surface area contributed by atoms with E-state index >= 15 is 0 Å². The molecule has 1 heterocycles. The van der Waals surface area contributed by atoms with Crippen LogP contribution in [-0.2, 0) is 0 Å². The van der Waals surface area contributed by atoms with Crippen LogP contribution in [0.2, 0.25) is 0 Å². The summed E-state index contributed by atoms with van der Waals surface area (Å²) in [7, 11) is 0.112. The van der Waals surface area contributed by atoms with Crippen molar-refractivity contribution in [2.45, 2.75) is 26.2 Å². The largest absolute Gasteiger partial charge is 0.122 e. The summed E-state index contributed by atoms with van der Waals surface area (Å²) >= 11 is 0. The van der Waals surface area contributed by atoms with Gasteiger partial charge in [-0.05, 0) is 31.6 Å². The molecular weight excluding hydrogens is 115 g/mol. The van der Waals surface area contributed by atoms with E-state index in [0.717, 1.165) is 0 Å². The lowest BCUT2D eigenvalue weighted by molar-refractivity contribution is 0.949. The third-order valence-electron chi connectivity index (χ3n) is 1.74. The predicted molar refractivity (Wildman–Crippen MR) is 43.6 cm³/mol. The van der Waals surface area contributed by atoms with E-state index in [2.05, 4.69) is 12.7 Å². The Morgan fingerprint density at radius 3 is 2.50 bits per heavy atom. The molecule has 0 aromatic heterocycles. The Hall–Kier alpha value is 0.300. The first kappa shape index (κ1) is 6.42. The SMILES string of the molecule is CCC=[PH]1CCCC1. The van der Waals surface area contributed by atoms with Crippen LogP contribution in [0.5, 0.6) is 0 Å². The summed E-state index contributed by atoms with van der Waals surface area (Å²) in [6, 6.07) is 0. The molecule has 1 fully saturated rings. The summed E-state index contributed by atoms with van der Waals surface area (Å²) < 4.78 is 0. The molecule has 1 rings (SSSR count). The fourth-order valence-corrected chi connectivity index (χ4v) is 3.97. The van der Waals surface area contributed by atoms with Crippen molar-refractivity contribution >= 4 is 13.3 Å². The maximum absolute atomic E-state index is 2.57. The van der Waals surface area contributed by atoms with Crippen molar-refractivity contribution in [3.63, 3.8) is 0 Å². The molecule has 1 aliphatic rings. The molecule has 1 heteroatoms. The highest BCUT2D eigenvalue weighted by molar-refractivity contribution is 7.57. The third-order valence-corrected chi connectivity index (χ3v) is 4.72. The van der Waals surface area contributed by atoms with Crippen LogP contribution >= 0.6 is 7.55 Å². The number of rotatable bonds is 1. The molecule has 0 saturated carbocycles. The molecular formula is C7H15P. The lowest BCUT2D eigenvalue weighted by atomic mass is 10.4. The van der Waals surface area contributed by atoms with Gasteiger partial charge in [0.25, 0.3) is 0 Å². The van der Waals surface area contributed by atoms with E-state index in [0.29, 0.717) is 0 Å². The van der Waals surface area contributed by atoms with Gasteiger partial charge in [-0.1, -0.05) is 12.7 Å². The lowest BCUT2D eigenvalue weighted by Gasteiger charge is -1.91. The van der Waals surface area contributed by atoms with E-state index < -0.39 is 0 Å². The van der Waals surface area contributed by atoms with Gasteiger partial charge >= 0.3 is 0 Å². The summed E-state index contributed by atoms with van der Waals surface area (Å²) in [6.45, 7) is 2.26. The molecule has 0 atom stereocenters. The zero-order chi connectivity index (χ0) is 5.82. The van der Waals surface area contributed by atoms with Gasteiger partial charge in [0, 0.05) is 0 Å². The molecule has 0 aromatic carbocycles. The second-order valence-corrected chi connectivity index (χ2v) is 5.20. The van der Waals surface area contributed by atoms with Crippen molar-refractivity contribution in [2.75, 3.05) is 12.3 Å². The third kappa shape index (κ3) is 1.67. The Morgan fingerprint density at radius 1 is 1.38 bits per heavy atom. The Kier molecular flexibility index (Phi) is 2.69. The Morgan fingerprint density at radius 2 is 2.00 bits per heavy atom. The molecule has 0 N–H and O–H groups in total. The van der Waals surface area contributed by atoms with Gasteiger partial charge in [0.1, 0.15) is 0 Å². The van der Waals surface area contributed by atoms with Crippen molar-refractivity contribution < 1.29 is 0 Å². The minimum Gasteiger partial charge on any atom is -0.122 e. The minimum atomic E-state index is 0.112. The van der Waals surface area contributed by atoms with Crippen LogP contribution in [0, 0.1) is 0 Å². The van der Waals surface area contributed by atoms with Crippen LogP contribution < -0.4 is 0 Å². The van der Waals surface area contributed by atoms with Gasteiger partial charge in [-0.15, -0.1) is 7.55 Å². The fourth-order valence-electron chi connectivity index (χ4n) is 1.32. The second-order valence-electron chi connectivity index (χ2n) is 2.48. The van der Waals surface area contributed by atoms with Crippen LogP contribution in [0.1, 0.15) is 26.2 Å². The Bertz CT molecular complexity index is 86.6. The molecule has 1 aliphatic heterocycles. The summed E-state index contributed by atoms with van der Waals surface area (Å²) in [5, 5.41) is 0. The van der Waals surface area contributed by atoms with E-state index in [4.69, 9.17) is 0 Å². The van der Waals surface area contributed by atoms with Gasteiger partial charge in [-0.3, -0.25) is 0 Å². The van der Waals surface area contributed by atoms with Gasteiger partial charge in [-0.2, -0.15) is 0 Å². The van der Waals surface area contributed by atoms with E-state index in [-0.39, 0.29) is 7.55 Å². The van der Waals surface area contributed by atoms with Crippen molar-refractivity contribution in [3.8, 4) is 0 Å². The van der Waals surface area contributed by atoms with Crippen LogP contribution in [0.15, 0.2) is 0 Å². The van der Waals surface area contributed by atoms with Gasteiger partial charge < -0.3 is 0 Å². The number of hydrogen-bond donors (Lipinski definition) is 0. The molecule has 0 aromatic rings. The first-order chi connectivity index (χ1) is 3.93. The quantitative estimate of drug-likeness (QED) is 0.477. The molecule has 0 aliphatic carbocycles. The van der Waals surface area contributed by atoms with Gasteiger partial charge in [0.2, 0.25) is 0 Å². The van der Waals surface area contributed by atoms with Gasteiger partial charge in [-0.25, -0.2) is 0 Å². The normalized spacial score (nSPS) is 21.6. The Balaban J connectivity index is 2.33. The van der Waals surface area contributed by atoms with E-state index in [1.165, 1.54) is 19.3 Å². The van der Waals surface area contributed by atoms with Crippen molar-refractivity contribution in [1.82, 2.24) is 0 Å². The molecule has 0 spiro atoms. The van der Waals surface area contributed by atoms with E-state index in [9.17, 15) is 0 Å². The van der Waals surface area contributed by atoms with Crippen LogP contribution in [0.25, 0.3) is 0 Å². The molecule has 0 nitrogen and oxygen atoms in total. The molecule has 8 heavy (non-hydrogen) atoms. The average Bonchev–Trinajstić information content (AvgIpc) is 2.19. The van der Waals surface area contributed by atoms with Crippen molar-refractivity contribution in [2.24, 2.45) is 0 Å². The zero-order valence-corrected chi connectivity index (χ0v) is 6.61. The van der Waals surface area contributed by atoms with Crippen LogP contribution in [0.3, 0.4) is 0 Å². The minimum absolute atomic E-state index is 0.112. The first-order valence-electron chi connectivity index (χ1n) is 3.61. The monoisotopic (exact) mass is 130 g/mol.